The highest BCUT2D eigenvalue weighted by molar-refractivity contribution is 5.97. The van der Waals surface area contributed by atoms with E-state index in [1.54, 1.807) is 31.2 Å². The minimum Gasteiger partial charge on any atom is -0.483 e. The summed E-state index contributed by atoms with van der Waals surface area (Å²) in [5, 5.41) is 45.9. The number of benzene rings is 2. The van der Waals surface area contributed by atoms with Crippen LogP contribution in [0.2, 0.25) is 0 Å². The van der Waals surface area contributed by atoms with E-state index in [0.29, 0.717) is 33.7 Å². The quantitative estimate of drug-likeness (QED) is 0.125. The normalized spacial score (nSPS) is 29.6. The molecule has 1 spiro atoms. The van der Waals surface area contributed by atoms with Gasteiger partial charge in [0.2, 0.25) is 53.2 Å². The largest absolute Gasteiger partial charge is 0.483 e. The molecule has 1 unspecified atom stereocenters. The zero-order chi connectivity index (χ0) is 52.4. The van der Waals surface area contributed by atoms with Gasteiger partial charge in [-0.25, -0.2) is 4.79 Å². The van der Waals surface area contributed by atoms with Gasteiger partial charge in [-0.05, 0) is 75.1 Å². The molecule has 5 aliphatic rings. The molecule has 7 rings (SSSR count). The van der Waals surface area contributed by atoms with Gasteiger partial charge < -0.3 is 78.6 Å². The fourth-order valence-corrected chi connectivity index (χ4v) is 9.74. The first-order valence-corrected chi connectivity index (χ1v) is 23.7. The molecule has 9 amide bonds. The summed E-state index contributed by atoms with van der Waals surface area (Å²) in [6.07, 6.45) is -1.19. The molecule has 5 heterocycles. The molecule has 11 atom stereocenters. The summed E-state index contributed by atoms with van der Waals surface area (Å²) in [7, 11) is 0. The number of aliphatic hydroxyl groups is 1. The molecule has 0 aromatic heterocycles. The lowest BCUT2D eigenvalue weighted by molar-refractivity contribution is -0.145. The van der Waals surface area contributed by atoms with Crippen molar-refractivity contribution in [3.63, 3.8) is 0 Å². The molecule has 5 aliphatic heterocycles. The molecule has 0 aliphatic carbocycles. The second kappa shape index (κ2) is 21.0. The van der Waals surface area contributed by atoms with Gasteiger partial charge in [-0.15, -0.1) is 0 Å². The molecule has 2 aromatic rings. The van der Waals surface area contributed by atoms with Crippen LogP contribution in [0, 0.1) is 5.92 Å². The van der Waals surface area contributed by atoms with Gasteiger partial charge in [0.15, 0.2) is 6.23 Å². The molecule has 388 valence electrons. The number of carbonyl (C=O) groups is 10. The van der Waals surface area contributed by atoms with Crippen LogP contribution in [0.5, 0.6) is 11.5 Å². The summed E-state index contributed by atoms with van der Waals surface area (Å²) in [4.78, 5) is 136. The van der Waals surface area contributed by atoms with E-state index in [1.807, 2.05) is 13.0 Å². The zero-order valence-corrected chi connectivity index (χ0v) is 40.3. The predicted octanol–water partition coefficient (Wildman–Crippen LogP) is -4.09. The number of anilines is 1. The first-order chi connectivity index (χ1) is 34.1. The number of fused-ring (bicyclic) bond motifs is 4. The van der Waals surface area contributed by atoms with Crippen LogP contribution in [-0.4, -0.2) is 150 Å². The van der Waals surface area contributed by atoms with Crippen molar-refractivity contribution in [2.75, 3.05) is 31.6 Å². The van der Waals surface area contributed by atoms with Gasteiger partial charge in [-0.3, -0.25) is 43.2 Å². The molecular formula is C47H61N11O14. The van der Waals surface area contributed by atoms with Crippen LogP contribution >= 0.6 is 0 Å². The zero-order valence-electron chi connectivity index (χ0n) is 40.3. The molecule has 0 radical (unpaired) electrons. The third-order valence-corrected chi connectivity index (χ3v) is 13.7. The molecule has 0 saturated heterocycles. The Labute approximate surface area is 413 Å². The third-order valence-electron chi connectivity index (χ3n) is 13.7. The Morgan fingerprint density at radius 1 is 0.833 bits per heavy atom. The SMILES string of the molecule is CC[C@@]1(C)Oc2cccc3c2N[C@@H]2Oc4c5cc6cc4[C@]32C[C@H](NC(=O)[C@H](C)NC(=O)CNC(=O)[C@H](C6)NC(=O)[C@@H](NC(=O)C(C)N)C[C@@H](C)C5)C(=O)NCC(=O)NCC(=O)N[C@@H]1C(=O)N[C@@H](CO)C(=O)O. The Morgan fingerprint density at radius 2 is 1.50 bits per heavy atom. The predicted molar refractivity (Wildman–Crippen MR) is 251 cm³/mol. The molecule has 72 heavy (non-hydrogen) atoms. The van der Waals surface area contributed by atoms with E-state index in [9.17, 15) is 58.2 Å². The minimum absolute atomic E-state index is 0.000611. The highest BCUT2D eigenvalue weighted by atomic mass is 16.5. The number of carboxylic acids is 1. The van der Waals surface area contributed by atoms with E-state index < -0.39 is 145 Å². The first kappa shape index (κ1) is 52.3. The van der Waals surface area contributed by atoms with Gasteiger partial charge in [0, 0.05) is 12.0 Å². The summed E-state index contributed by atoms with van der Waals surface area (Å²) in [6.45, 7) is 4.83. The lowest BCUT2D eigenvalue weighted by Crippen LogP contribution is -2.64. The van der Waals surface area contributed by atoms with Crippen molar-refractivity contribution in [1.82, 2.24) is 47.9 Å². The summed E-state index contributed by atoms with van der Waals surface area (Å²) in [5.41, 5.74) is 5.10. The smallest absolute Gasteiger partial charge is 0.328 e. The average molecular weight is 1000 g/mol. The average Bonchev–Trinajstić information content (AvgIpc) is 3.81. The Balaban J connectivity index is 1.45. The van der Waals surface area contributed by atoms with E-state index in [4.69, 9.17) is 15.2 Å². The lowest BCUT2D eigenvalue weighted by Gasteiger charge is -2.38. The Bertz CT molecular complexity index is 2580. The van der Waals surface area contributed by atoms with Gasteiger partial charge in [0.05, 0.1) is 43.4 Å². The molecular weight excluding hydrogens is 943 g/mol. The number of rotatable bonds is 7. The van der Waals surface area contributed by atoms with E-state index in [1.165, 1.54) is 20.8 Å². The number of amides is 9. The molecule has 2 aromatic carbocycles. The first-order valence-electron chi connectivity index (χ1n) is 23.7. The number of aliphatic hydroxyl groups excluding tert-OH is 1. The molecule has 25 heteroatoms. The van der Waals surface area contributed by atoms with Gasteiger partial charge in [0.25, 0.3) is 0 Å². The van der Waals surface area contributed by atoms with Crippen LogP contribution in [0.4, 0.5) is 5.69 Å². The van der Waals surface area contributed by atoms with E-state index >= 15 is 0 Å². The summed E-state index contributed by atoms with van der Waals surface area (Å²) >= 11 is 0. The van der Waals surface area contributed by atoms with Crippen molar-refractivity contribution in [3.05, 3.63) is 52.6 Å². The maximum absolute atomic E-state index is 14.6. The maximum Gasteiger partial charge on any atom is 0.328 e. The van der Waals surface area contributed by atoms with Gasteiger partial charge in [0.1, 0.15) is 53.4 Å². The van der Waals surface area contributed by atoms with Gasteiger partial charge in [-0.2, -0.15) is 0 Å². The van der Waals surface area contributed by atoms with Crippen molar-refractivity contribution in [1.29, 1.82) is 0 Å². The Hall–Kier alpha value is -7.54. The fourth-order valence-electron chi connectivity index (χ4n) is 9.74. The number of aliphatic carboxylic acids is 1. The number of hydrogen-bond donors (Lipinski definition) is 13. The van der Waals surface area contributed by atoms with Crippen LogP contribution in [0.3, 0.4) is 0 Å². The van der Waals surface area contributed by atoms with Crippen LogP contribution in [0.25, 0.3) is 0 Å². The minimum atomic E-state index is -1.77. The number of carboxylic acid groups (broad SMARTS) is 1. The van der Waals surface area contributed by atoms with Crippen LogP contribution in [0.1, 0.15) is 76.1 Å². The fraction of sp³-hybridized carbons (Fsp3) is 0.532. The van der Waals surface area contributed by atoms with Crippen molar-refractivity contribution in [3.8, 4) is 11.5 Å². The second-order valence-electron chi connectivity index (χ2n) is 19.2. The molecule has 25 nitrogen and oxygen atoms in total. The number of hydrogen-bond acceptors (Lipinski definition) is 15. The number of nitrogens with one attached hydrogen (secondary N) is 10. The van der Waals surface area contributed by atoms with E-state index in [-0.39, 0.29) is 43.8 Å². The van der Waals surface area contributed by atoms with E-state index in [0.717, 1.165) is 0 Å². The molecule has 0 fully saturated rings. The molecule has 14 N–H and O–H groups in total. The van der Waals surface area contributed by atoms with Crippen molar-refractivity contribution in [2.45, 2.75) is 126 Å². The summed E-state index contributed by atoms with van der Waals surface area (Å²) in [6, 6.07) is -1.07. The number of para-hydroxylation sites is 1. The standard InChI is InChI=1S/C47H61N11O14/c1-6-46(5)37(43(68)56-30(19-59)44(69)70)57-34(62)17-49-32(60)16-50-41(66)29-15-47-25-8-7-9-31(72-46)35(25)58-45(47)71-36-24-10-20(2)11-27(53-38(63)21(3)48)42(67)54-28(14-23(12-24)13-26(36)47)40(65)51-18-33(61)52-22(4)39(64)55-29/h7-9,12-13,20-22,27-30,37,45,58-59H,6,10-11,14-19,48H2,1-5H3,(H,49,60)(H,50,66)(H,51,65)(H,52,61)(H,53,63)(H,54,67)(H,55,64)(H,56,68)(H,57,62)(H,69,70)/t20-,21?,22-,27-,28-,29-,30-,37+,45+,46+,47-/m0/s1. The molecule has 0 saturated carbocycles. The number of nitrogens with two attached hydrogens (primary N) is 1. The van der Waals surface area contributed by atoms with Crippen LogP contribution in [-0.2, 0) is 66.2 Å². The number of ether oxygens (including phenoxy) is 2. The third kappa shape index (κ3) is 10.7. The van der Waals surface area contributed by atoms with Crippen molar-refractivity contribution in [2.24, 2.45) is 11.7 Å². The second-order valence-corrected chi connectivity index (χ2v) is 19.2. The highest BCUT2D eigenvalue weighted by Crippen LogP contribution is 2.59. The van der Waals surface area contributed by atoms with Gasteiger partial charge >= 0.3 is 5.97 Å². The lowest BCUT2D eigenvalue weighted by atomic mass is 9.70. The Morgan fingerprint density at radius 3 is 2.18 bits per heavy atom. The summed E-state index contributed by atoms with van der Waals surface area (Å²) < 4.78 is 13.7. The van der Waals surface area contributed by atoms with Crippen molar-refractivity contribution < 1.29 is 67.6 Å². The van der Waals surface area contributed by atoms with Crippen LogP contribution in [0.15, 0.2) is 30.3 Å². The maximum atomic E-state index is 14.6. The number of carbonyl (C=O) groups excluding carboxylic acids is 9. The van der Waals surface area contributed by atoms with Crippen molar-refractivity contribution >= 4 is 64.8 Å². The summed E-state index contributed by atoms with van der Waals surface area (Å²) in [5.74, 6) is -8.69. The van der Waals surface area contributed by atoms with Crippen LogP contribution < -0.4 is 68.4 Å². The topological polar surface area (TPSA) is 376 Å². The monoisotopic (exact) mass is 1000 g/mol. The van der Waals surface area contributed by atoms with E-state index in [2.05, 4.69) is 53.2 Å². The highest BCUT2D eigenvalue weighted by Gasteiger charge is 2.59. The molecule has 9 bridgehead atoms. The van der Waals surface area contributed by atoms with Gasteiger partial charge in [-0.1, -0.05) is 38.1 Å². The Kier molecular flexibility index (Phi) is 15.3.